The molecule has 12 aliphatic rings. The van der Waals surface area contributed by atoms with E-state index in [1.54, 1.807) is 0 Å². The van der Waals surface area contributed by atoms with Gasteiger partial charge in [-0.05, 0) is 319 Å². The summed E-state index contributed by atoms with van der Waals surface area (Å²) in [6, 6.07) is 0. The number of carboxylic acids is 3. The maximum Gasteiger partial charge on any atom is 0.303 e. The van der Waals surface area contributed by atoms with Gasteiger partial charge in [-0.1, -0.05) is 62.3 Å². The van der Waals surface area contributed by atoms with Crippen molar-refractivity contribution >= 4 is 17.9 Å². The highest BCUT2D eigenvalue weighted by molar-refractivity contribution is 5.67. The van der Waals surface area contributed by atoms with Crippen molar-refractivity contribution in [3.05, 3.63) is 0 Å². The van der Waals surface area contributed by atoms with E-state index in [0.717, 1.165) is 107 Å². The number of hydrogen-bond acceptors (Lipinski definition) is 8. The van der Waals surface area contributed by atoms with Crippen molar-refractivity contribution in [1.82, 2.24) is 0 Å². The molecule has 0 heterocycles. The zero-order valence-corrected chi connectivity index (χ0v) is 53.5. The molecule has 0 spiro atoms. The predicted octanol–water partition coefficient (Wildman–Crippen LogP) is 14.5. The van der Waals surface area contributed by atoms with Crippen LogP contribution in [0.5, 0.6) is 0 Å². The second kappa shape index (κ2) is 24.5. The van der Waals surface area contributed by atoms with Crippen LogP contribution in [-0.4, -0.2) is 89.3 Å². The van der Waals surface area contributed by atoms with Crippen LogP contribution >= 0.6 is 0 Å². The van der Waals surface area contributed by atoms with Gasteiger partial charge in [0.2, 0.25) is 0 Å². The van der Waals surface area contributed by atoms with Crippen molar-refractivity contribution in [1.29, 1.82) is 0 Å². The molecule has 0 amide bonds. The Hall–Kier alpha value is -1.79. The lowest BCUT2D eigenvalue weighted by Gasteiger charge is -2.62. The molecular weight excluding hydrogens is 1040 g/mol. The summed E-state index contributed by atoms with van der Waals surface area (Å²) in [7, 11) is 0. The van der Waals surface area contributed by atoms with Crippen molar-refractivity contribution in [3.63, 3.8) is 0 Å². The highest BCUT2D eigenvalue weighted by Gasteiger charge is 2.66. The maximum absolute atomic E-state index is 11.2. The van der Waals surface area contributed by atoms with Crippen LogP contribution in [-0.2, 0) is 14.4 Å². The molecular formula is C72H120O11. The number of carboxylic acid groups (broad SMARTS) is 3. The van der Waals surface area contributed by atoms with Crippen LogP contribution in [0.25, 0.3) is 0 Å². The molecule has 8 N–H and O–H groups in total. The molecule has 0 saturated heterocycles. The Morgan fingerprint density at radius 3 is 1.01 bits per heavy atom. The first-order valence-electron chi connectivity index (χ1n) is 35.1. The molecule has 0 unspecified atom stereocenters. The molecule has 0 aromatic heterocycles. The highest BCUT2D eigenvalue weighted by Crippen LogP contribution is 2.72. The smallest absolute Gasteiger partial charge is 0.303 e. The van der Waals surface area contributed by atoms with Crippen LogP contribution in [0.4, 0.5) is 0 Å². The second-order valence-corrected chi connectivity index (χ2v) is 33.9. The van der Waals surface area contributed by atoms with E-state index in [1.807, 2.05) is 0 Å². The molecule has 11 nitrogen and oxygen atoms in total. The average molecular weight is 1160 g/mol. The monoisotopic (exact) mass is 1160 g/mol. The minimum Gasteiger partial charge on any atom is -0.481 e. The Labute approximate surface area is 501 Å². The minimum absolute atomic E-state index is 0.0561. The topological polar surface area (TPSA) is 213 Å². The molecule has 474 valence electrons. The molecule has 12 saturated carbocycles. The Morgan fingerprint density at radius 2 is 0.639 bits per heavy atom. The van der Waals surface area contributed by atoms with Crippen LogP contribution in [0.2, 0.25) is 0 Å². The maximum atomic E-state index is 11.2. The summed E-state index contributed by atoms with van der Waals surface area (Å²) in [5, 5.41) is 80.4. The zero-order valence-electron chi connectivity index (χ0n) is 53.5. The lowest BCUT2D eigenvalue weighted by Crippen LogP contribution is -2.58. The molecule has 29 atom stereocenters. The number of aliphatic hydroxyl groups is 5. The third-order valence-electron chi connectivity index (χ3n) is 30.7. The molecule has 0 aromatic carbocycles. The SMILES string of the molecule is C[C@H](CCC(=O)O)[C@H]1CC[C@H]2[C@@H]3CC[C@@H]4C[C@H](O)CC[C@]4(C)[C@H]3CC[C@]12C.C[C@H](CCC(=O)O)[C@H]1CC[C@H]2[C@@H]3[C@H](O)C[C@@H]4C[C@H](O)CC[C@]4(C)[C@H]3CC[C@]12C.C[C@H](CCC(=O)O)[C@H]1CC[C@H]2[C@@H]3[C@H](O)C[C@@H]4C[C@H](O)CC[C@]4(C)[C@H]3CC[C@]12C. The van der Waals surface area contributed by atoms with Gasteiger partial charge in [-0.15, -0.1) is 0 Å². The van der Waals surface area contributed by atoms with E-state index in [9.17, 15) is 39.9 Å². The Bertz CT molecular complexity index is 2170. The second-order valence-electron chi connectivity index (χ2n) is 33.9. The lowest BCUT2D eigenvalue weighted by atomic mass is 9.43. The number of rotatable bonds is 12. The van der Waals surface area contributed by atoms with Crippen molar-refractivity contribution in [2.75, 3.05) is 0 Å². The summed E-state index contributed by atoms with van der Waals surface area (Å²) in [5.74, 6) is 8.62. The van der Waals surface area contributed by atoms with Crippen molar-refractivity contribution in [2.24, 2.45) is 139 Å². The van der Waals surface area contributed by atoms with Crippen LogP contribution in [0.1, 0.15) is 261 Å². The molecule has 12 rings (SSSR count). The first kappa shape index (κ1) is 64.2. The predicted molar refractivity (Wildman–Crippen MR) is 325 cm³/mol. The average Bonchev–Trinajstić information content (AvgIpc) is 2.33. The first-order chi connectivity index (χ1) is 39.1. The Morgan fingerprint density at radius 1 is 0.349 bits per heavy atom. The Balaban J connectivity index is 0.000000139. The summed E-state index contributed by atoms with van der Waals surface area (Å²) in [6.45, 7) is 21.8. The number of hydrogen-bond donors (Lipinski definition) is 8. The largest absolute Gasteiger partial charge is 0.481 e. The highest BCUT2D eigenvalue weighted by atomic mass is 16.4. The van der Waals surface area contributed by atoms with Gasteiger partial charge < -0.3 is 40.9 Å². The Kier molecular flexibility index (Phi) is 19.0. The summed E-state index contributed by atoms with van der Waals surface area (Å²) >= 11 is 0. The van der Waals surface area contributed by atoms with E-state index in [0.29, 0.717) is 100 Å². The van der Waals surface area contributed by atoms with Gasteiger partial charge in [0.1, 0.15) is 0 Å². The van der Waals surface area contributed by atoms with E-state index in [1.165, 1.54) is 96.3 Å². The fraction of sp³-hybridized carbons (Fsp3) is 0.958. The van der Waals surface area contributed by atoms with Gasteiger partial charge in [0.15, 0.2) is 0 Å². The number of aliphatic hydroxyl groups excluding tert-OH is 5. The number of fused-ring (bicyclic) bond motifs is 15. The van der Waals surface area contributed by atoms with E-state index < -0.39 is 17.9 Å². The third-order valence-corrected chi connectivity index (χ3v) is 30.7. The third kappa shape index (κ3) is 11.7. The first-order valence-corrected chi connectivity index (χ1v) is 35.1. The van der Waals surface area contributed by atoms with E-state index in [2.05, 4.69) is 62.3 Å². The van der Waals surface area contributed by atoms with E-state index >= 15 is 0 Å². The summed E-state index contributed by atoms with van der Waals surface area (Å²) in [4.78, 5) is 33.2. The van der Waals surface area contributed by atoms with Gasteiger partial charge in [0, 0.05) is 19.3 Å². The zero-order chi connectivity index (χ0) is 59.9. The van der Waals surface area contributed by atoms with Gasteiger partial charge in [-0.3, -0.25) is 14.4 Å². The van der Waals surface area contributed by atoms with Gasteiger partial charge in [-0.25, -0.2) is 0 Å². The number of aliphatic carboxylic acids is 3. The van der Waals surface area contributed by atoms with Crippen LogP contribution < -0.4 is 0 Å². The van der Waals surface area contributed by atoms with Gasteiger partial charge >= 0.3 is 17.9 Å². The van der Waals surface area contributed by atoms with Crippen LogP contribution in [0, 0.1) is 139 Å². The normalized spacial score (nSPS) is 51.3. The van der Waals surface area contributed by atoms with Crippen molar-refractivity contribution in [3.8, 4) is 0 Å². The summed E-state index contributed by atoms with van der Waals surface area (Å²) in [6.07, 6.45) is 30.8. The summed E-state index contributed by atoms with van der Waals surface area (Å²) < 4.78 is 0. The standard InChI is InChI=1S/2C24H40O4.C24H40O3/c2*1-14(4-7-21(27)28)17-5-6-18-22-19(9-11-24(17,18)3)23(2)10-8-16(25)12-15(23)13-20(22)26;1-15(4-9-22(26)27)19-7-8-20-18-6-5-16-14-17(25)10-12-23(16,2)21(18)11-13-24(19,20)3/h2*14-20,22,25-26H,4-13H2,1-3H3,(H,27,28);15-21,25H,4-14H2,1-3H3,(H,26,27)/t2*14-,15+,16-,17-,18+,19+,20-,22+,23+,24-;15-,16-,17-,18+,19-,20+,21+,23+,24-/m111/s1. The molecule has 12 fully saturated rings. The van der Waals surface area contributed by atoms with E-state index in [4.69, 9.17) is 15.3 Å². The molecule has 83 heavy (non-hydrogen) atoms. The van der Waals surface area contributed by atoms with Gasteiger partial charge in [-0.2, -0.15) is 0 Å². The molecule has 0 aliphatic heterocycles. The molecule has 12 aliphatic carbocycles. The molecule has 0 radical (unpaired) electrons. The van der Waals surface area contributed by atoms with Crippen molar-refractivity contribution < 1.29 is 55.2 Å². The molecule has 0 aromatic rings. The molecule has 0 bridgehead atoms. The van der Waals surface area contributed by atoms with Crippen molar-refractivity contribution in [2.45, 2.75) is 292 Å². The van der Waals surface area contributed by atoms with E-state index in [-0.39, 0.29) is 65.0 Å². The fourth-order valence-electron chi connectivity index (χ4n) is 26.2. The lowest BCUT2D eigenvalue weighted by molar-refractivity contribution is -0.174. The quantitative estimate of drug-likeness (QED) is 0.0921. The number of carbonyl (C=O) groups is 3. The summed E-state index contributed by atoms with van der Waals surface area (Å²) in [5.41, 5.74) is 1.93. The van der Waals surface area contributed by atoms with Crippen LogP contribution in [0.3, 0.4) is 0 Å². The minimum atomic E-state index is -0.684. The fourth-order valence-corrected chi connectivity index (χ4v) is 26.2. The molecule has 11 heteroatoms. The van der Waals surface area contributed by atoms with Gasteiger partial charge in [0.05, 0.1) is 30.5 Å². The van der Waals surface area contributed by atoms with Gasteiger partial charge in [0.25, 0.3) is 0 Å². The van der Waals surface area contributed by atoms with Crippen LogP contribution in [0.15, 0.2) is 0 Å².